The van der Waals surface area contributed by atoms with E-state index >= 15 is 0 Å². The molecule has 0 saturated carbocycles. The van der Waals surface area contributed by atoms with Crippen molar-refractivity contribution in [3.63, 3.8) is 0 Å². The standard InChI is InChI=1S/C11H17ClN2O4S/c1-7-3-8(4-9(13)10(7)12)19(17,18)14-5-11(2,16)6-15/h3-4,14-16H,5-6,13H2,1-2H3. The number of nitrogens with one attached hydrogen (secondary N) is 1. The van der Waals surface area contributed by atoms with Gasteiger partial charge >= 0.3 is 0 Å². The third-order valence-corrected chi connectivity index (χ3v) is 4.45. The molecular weight excluding hydrogens is 292 g/mol. The van der Waals surface area contributed by atoms with Crippen molar-refractivity contribution in [1.29, 1.82) is 0 Å². The molecule has 0 bridgehead atoms. The summed E-state index contributed by atoms with van der Waals surface area (Å²) in [5.74, 6) is 0. The van der Waals surface area contributed by atoms with Crippen molar-refractivity contribution in [2.24, 2.45) is 0 Å². The molecule has 0 spiro atoms. The number of anilines is 1. The van der Waals surface area contributed by atoms with Gasteiger partial charge in [0.05, 0.1) is 27.8 Å². The van der Waals surface area contributed by atoms with Crippen LogP contribution >= 0.6 is 11.6 Å². The maximum Gasteiger partial charge on any atom is 0.240 e. The van der Waals surface area contributed by atoms with Crippen molar-refractivity contribution < 1.29 is 18.6 Å². The number of halogens is 1. The molecule has 0 amide bonds. The summed E-state index contributed by atoms with van der Waals surface area (Å²) in [6, 6.07) is 2.63. The van der Waals surface area contributed by atoms with E-state index in [9.17, 15) is 13.5 Å². The number of rotatable bonds is 5. The first-order chi connectivity index (χ1) is 8.59. The highest BCUT2D eigenvalue weighted by Gasteiger charge is 2.24. The molecule has 8 heteroatoms. The first-order valence-electron chi connectivity index (χ1n) is 5.47. The molecule has 0 aliphatic rings. The largest absolute Gasteiger partial charge is 0.397 e. The number of hydrogen-bond acceptors (Lipinski definition) is 5. The van der Waals surface area contributed by atoms with Gasteiger partial charge in [0.25, 0.3) is 0 Å². The highest BCUT2D eigenvalue weighted by Crippen LogP contribution is 2.26. The van der Waals surface area contributed by atoms with Crippen LogP contribution in [0.2, 0.25) is 5.02 Å². The van der Waals surface area contributed by atoms with E-state index in [0.717, 1.165) is 0 Å². The minimum atomic E-state index is -3.83. The van der Waals surface area contributed by atoms with Gasteiger partial charge in [-0.15, -0.1) is 0 Å². The molecule has 6 nitrogen and oxygen atoms in total. The van der Waals surface area contributed by atoms with E-state index < -0.39 is 22.2 Å². The second kappa shape index (κ2) is 5.64. The second-order valence-corrected chi connectivity index (χ2v) is 6.77. The number of aliphatic hydroxyl groups excluding tert-OH is 1. The van der Waals surface area contributed by atoms with Crippen molar-refractivity contribution in [2.75, 3.05) is 18.9 Å². The van der Waals surface area contributed by atoms with E-state index in [1.807, 2.05) is 0 Å². The van der Waals surface area contributed by atoms with E-state index in [4.69, 9.17) is 22.4 Å². The average Bonchev–Trinajstić information content (AvgIpc) is 2.33. The Morgan fingerprint density at radius 3 is 2.53 bits per heavy atom. The van der Waals surface area contributed by atoms with Crippen LogP contribution in [0.1, 0.15) is 12.5 Å². The van der Waals surface area contributed by atoms with Gasteiger partial charge in [-0.2, -0.15) is 0 Å². The maximum absolute atomic E-state index is 12.0. The highest BCUT2D eigenvalue weighted by molar-refractivity contribution is 7.89. The number of aryl methyl sites for hydroxylation is 1. The number of benzene rings is 1. The predicted molar refractivity (Wildman–Crippen MR) is 73.5 cm³/mol. The summed E-state index contributed by atoms with van der Waals surface area (Å²) in [4.78, 5) is -0.0411. The smallest absolute Gasteiger partial charge is 0.240 e. The lowest BCUT2D eigenvalue weighted by molar-refractivity contribution is 0.00681. The third kappa shape index (κ3) is 4.05. The van der Waals surface area contributed by atoms with Gasteiger partial charge in [-0.3, -0.25) is 0 Å². The van der Waals surface area contributed by atoms with Gasteiger partial charge in [-0.1, -0.05) is 11.6 Å². The van der Waals surface area contributed by atoms with Crippen LogP contribution in [0.3, 0.4) is 0 Å². The Labute approximate surface area is 117 Å². The fraction of sp³-hybridized carbons (Fsp3) is 0.455. The third-order valence-electron chi connectivity index (χ3n) is 2.55. The van der Waals surface area contributed by atoms with Crippen LogP contribution in [0.5, 0.6) is 0 Å². The van der Waals surface area contributed by atoms with E-state index in [1.54, 1.807) is 6.92 Å². The Balaban J connectivity index is 3.02. The van der Waals surface area contributed by atoms with Gasteiger partial charge in [-0.25, -0.2) is 13.1 Å². The van der Waals surface area contributed by atoms with E-state index in [2.05, 4.69) is 4.72 Å². The van der Waals surface area contributed by atoms with Crippen LogP contribution in [0, 0.1) is 6.92 Å². The van der Waals surface area contributed by atoms with Crippen LogP contribution in [-0.4, -0.2) is 37.4 Å². The lowest BCUT2D eigenvalue weighted by Gasteiger charge is -2.20. The van der Waals surface area contributed by atoms with Crippen molar-refractivity contribution in [2.45, 2.75) is 24.3 Å². The molecule has 1 rings (SSSR count). The number of sulfonamides is 1. The lowest BCUT2D eigenvalue weighted by Crippen LogP contribution is -2.43. The van der Waals surface area contributed by atoms with Gasteiger partial charge in [0.15, 0.2) is 0 Å². The summed E-state index contributed by atoms with van der Waals surface area (Å²) in [7, 11) is -3.83. The van der Waals surface area contributed by atoms with E-state index in [0.29, 0.717) is 10.6 Å². The average molecular weight is 309 g/mol. The first kappa shape index (κ1) is 16.2. The van der Waals surface area contributed by atoms with E-state index in [-0.39, 0.29) is 17.1 Å². The normalized spacial score (nSPS) is 15.2. The molecule has 1 atom stereocenters. The molecule has 1 unspecified atom stereocenters. The van der Waals surface area contributed by atoms with Crippen LogP contribution in [0.15, 0.2) is 17.0 Å². The number of nitrogen functional groups attached to an aromatic ring is 1. The van der Waals surface area contributed by atoms with Crippen molar-refractivity contribution in [3.8, 4) is 0 Å². The summed E-state index contributed by atoms with van der Waals surface area (Å²) < 4.78 is 26.2. The molecular formula is C11H17ClN2O4S. The SMILES string of the molecule is Cc1cc(S(=O)(=O)NCC(C)(O)CO)cc(N)c1Cl. The molecule has 108 valence electrons. The van der Waals surface area contributed by atoms with Gasteiger partial charge < -0.3 is 15.9 Å². The Bertz CT molecular complexity index is 549. The minimum Gasteiger partial charge on any atom is -0.397 e. The topological polar surface area (TPSA) is 113 Å². The molecule has 5 N–H and O–H groups in total. The number of nitrogens with two attached hydrogens (primary N) is 1. The second-order valence-electron chi connectivity index (χ2n) is 4.62. The lowest BCUT2D eigenvalue weighted by atomic mass is 10.1. The highest BCUT2D eigenvalue weighted by atomic mass is 35.5. The minimum absolute atomic E-state index is 0.0411. The molecule has 0 saturated heterocycles. The monoisotopic (exact) mass is 308 g/mol. The molecule has 0 heterocycles. The van der Waals surface area contributed by atoms with E-state index in [1.165, 1.54) is 19.1 Å². The summed E-state index contributed by atoms with van der Waals surface area (Å²) in [6.45, 7) is 2.09. The van der Waals surface area contributed by atoms with Crippen LogP contribution in [0.25, 0.3) is 0 Å². The number of aliphatic hydroxyl groups is 2. The molecule has 0 aliphatic heterocycles. The fourth-order valence-corrected chi connectivity index (χ4v) is 2.70. The molecule has 0 aromatic heterocycles. The Kier molecular flexibility index (Phi) is 4.81. The summed E-state index contributed by atoms with van der Waals surface area (Å²) in [5, 5.41) is 18.7. The fourth-order valence-electron chi connectivity index (χ4n) is 1.31. The summed E-state index contributed by atoms with van der Waals surface area (Å²) in [6.07, 6.45) is 0. The van der Waals surface area contributed by atoms with Crippen LogP contribution in [0.4, 0.5) is 5.69 Å². The summed E-state index contributed by atoms with van der Waals surface area (Å²) >= 11 is 5.86. The van der Waals surface area contributed by atoms with Crippen molar-refractivity contribution in [1.82, 2.24) is 4.72 Å². The zero-order valence-electron chi connectivity index (χ0n) is 10.6. The van der Waals surface area contributed by atoms with Crippen molar-refractivity contribution in [3.05, 3.63) is 22.7 Å². The quantitative estimate of drug-likeness (QED) is 0.583. The van der Waals surface area contributed by atoms with Gasteiger partial charge in [0.1, 0.15) is 0 Å². The van der Waals surface area contributed by atoms with Gasteiger partial charge in [-0.05, 0) is 31.5 Å². The Hall–Kier alpha value is -0.860. The van der Waals surface area contributed by atoms with Gasteiger partial charge in [0, 0.05) is 6.54 Å². The Morgan fingerprint density at radius 1 is 1.47 bits per heavy atom. The zero-order chi connectivity index (χ0) is 14.8. The van der Waals surface area contributed by atoms with Crippen LogP contribution in [-0.2, 0) is 10.0 Å². The molecule has 1 aromatic rings. The molecule has 1 aromatic carbocycles. The van der Waals surface area contributed by atoms with Crippen LogP contribution < -0.4 is 10.5 Å². The molecule has 0 fully saturated rings. The molecule has 0 aliphatic carbocycles. The maximum atomic E-state index is 12.0. The zero-order valence-corrected chi connectivity index (χ0v) is 12.2. The predicted octanol–water partition coefficient (Wildman–Crippen LogP) is 0.252. The first-order valence-corrected chi connectivity index (χ1v) is 7.34. The van der Waals surface area contributed by atoms with Crippen molar-refractivity contribution >= 4 is 27.3 Å². The Morgan fingerprint density at radius 2 is 2.05 bits per heavy atom. The molecule has 0 radical (unpaired) electrons. The summed E-state index contributed by atoms with van der Waals surface area (Å²) in [5.41, 5.74) is 4.79. The number of hydrogen-bond donors (Lipinski definition) is 4. The molecule has 19 heavy (non-hydrogen) atoms. The van der Waals surface area contributed by atoms with Gasteiger partial charge in [0.2, 0.25) is 10.0 Å².